The van der Waals surface area contributed by atoms with Crippen LogP contribution in [0.5, 0.6) is 0 Å². The zero-order chi connectivity index (χ0) is 15.1. The van der Waals surface area contributed by atoms with E-state index in [1.165, 1.54) is 0 Å². The zero-order valence-electron chi connectivity index (χ0n) is 10.9. The van der Waals surface area contributed by atoms with Gasteiger partial charge in [-0.1, -0.05) is 15.9 Å². The van der Waals surface area contributed by atoms with Crippen molar-refractivity contribution in [3.05, 3.63) is 69.4 Å². The molecule has 2 aromatic carbocycles. The fourth-order valence-corrected chi connectivity index (χ4v) is 2.79. The van der Waals surface area contributed by atoms with E-state index in [1.807, 2.05) is 19.1 Å². The molecule has 0 saturated heterocycles. The average Bonchev–Trinajstić information content (AvgIpc) is 2.82. The lowest BCUT2D eigenvalue weighted by Gasteiger charge is -1.99. The Bertz CT molecular complexity index is 868. The molecule has 3 aromatic rings. The van der Waals surface area contributed by atoms with Crippen molar-refractivity contribution in [3.63, 3.8) is 0 Å². The number of aryl methyl sites for hydroxylation is 1. The van der Waals surface area contributed by atoms with E-state index < -0.39 is 17.4 Å². The Labute approximate surface area is 127 Å². The summed E-state index contributed by atoms with van der Waals surface area (Å²) in [5, 5.41) is 0.743. The number of ketones is 1. The Hall–Kier alpha value is -2.01. The number of carbonyl (C=O) groups excluding carboxylic acids is 1. The van der Waals surface area contributed by atoms with E-state index in [4.69, 9.17) is 4.42 Å². The second-order valence-electron chi connectivity index (χ2n) is 4.70. The molecule has 0 saturated carbocycles. The van der Waals surface area contributed by atoms with Crippen molar-refractivity contribution >= 4 is 32.7 Å². The summed E-state index contributed by atoms with van der Waals surface area (Å²) in [6.07, 6.45) is 0. The highest BCUT2D eigenvalue weighted by atomic mass is 79.9. The highest BCUT2D eigenvalue weighted by Crippen LogP contribution is 2.28. The number of furan rings is 1. The predicted octanol–water partition coefficient (Wildman–Crippen LogP) is 5.01. The summed E-state index contributed by atoms with van der Waals surface area (Å²) in [5.41, 5.74) is 1.22. The van der Waals surface area contributed by atoms with Gasteiger partial charge in [-0.05, 0) is 42.8 Å². The molecule has 0 N–H and O–H groups in total. The zero-order valence-corrected chi connectivity index (χ0v) is 12.5. The molecule has 1 heterocycles. The highest BCUT2D eigenvalue weighted by molar-refractivity contribution is 9.10. The average molecular weight is 351 g/mol. The topological polar surface area (TPSA) is 30.2 Å². The monoisotopic (exact) mass is 350 g/mol. The second kappa shape index (κ2) is 5.07. The lowest BCUT2D eigenvalue weighted by atomic mass is 10.1. The molecule has 0 aliphatic rings. The van der Waals surface area contributed by atoms with E-state index in [1.54, 1.807) is 6.07 Å². The SMILES string of the molecule is Cc1cc(Br)cc2cc(C(=O)c3ccc(F)cc3F)oc12. The first-order valence-corrected chi connectivity index (χ1v) is 6.94. The van der Waals surface area contributed by atoms with Crippen molar-refractivity contribution in [2.45, 2.75) is 6.92 Å². The van der Waals surface area contributed by atoms with E-state index in [-0.39, 0.29) is 11.3 Å². The molecule has 0 unspecified atom stereocenters. The molecule has 0 bridgehead atoms. The molecule has 106 valence electrons. The Balaban J connectivity index is 2.11. The van der Waals surface area contributed by atoms with E-state index >= 15 is 0 Å². The number of fused-ring (bicyclic) bond motifs is 1. The summed E-state index contributed by atoms with van der Waals surface area (Å²) < 4.78 is 33.0. The molecule has 0 amide bonds. The van der Waals surface area contributed by atoms with Crippen LogP contribution in [0.4, 0.5) is 8.78 Å². The molecule has 3 rings (SSSR count). The largest absolute Gasteiger partial charge is 0.452 e. The van der Waals surface area contributed by atoms with Gasteiger partial charge in [0.2, 0.25) is 5.78 Å². The third kappa shape index (κ3) is 2.49. The summed E-state index contributed by atoms with van der Waals surface area (Å²) in [4.78, 5) is 12.3. The lowest BCUT2D eigenvalue weighted by molar-refractivity contribution is 0.101. The molecule has 0 aliphatic heterocycles. The summed E-state index contributed by atoms with van der Waals surface area (Å²) in [6, 6.07) is 8.06. The van der Waals surface area contributed by atoms with Crippen molar-refractivity contribution in [1.82, 2.24) is 0 Å². The van der Waals surface area contributed by atoms with Crippen molar-refractivity contribution in [3.8, 4) is 0 Å². The standard InChI is InChI=1S/C16H9BrF2O2/c1-8-4-10(17)5-9-6-14(21-16(8)9)15(20)12-3-2-11(18)7-13(12)19/h2-7H,1H3. The Kier molecular flexibility index (Phi) is 3.37. The van der Waals surface area contributed by atoms with E-state index in [0.717, 1.165) is 27.6 Å². The van der Waals surface area contributed by atoms with Gasteiger partial charge < -0.3 is 4.42 Å². The first kappa shape index (κ1) is 13.9. The van der Waals surface area contributed by atoms with Crippen LogP contribution < -0.4 is 0 Å². The quantitative estimate of drug-likeness (QED) is 0.608. The maximum Gasteiger partial charge on any atom is 0.231 e. The number of hydrogen-bond acceptors (Lipinski definition) is 2. The van der Waals surface area contributed by atoms with Crippen LogP contribution in [-0.2, 0) is 0 Å². The highest BCUT2D eigenvalue weighted by Gasteiger charge is 2.19. The minimum Gasteiger partial charge on any atom is -0.452 e. The van der Waals surface area contributed by atoms with Crippen LogP contribution in [-0.4, -0.2) is 5.78 Å². The molecule has 0 aliphatic carbocycles. The molecule has 2 nitrogen and oxygen atoms in total. The van der Waals surface area contributed by atoms with Gasteiger partial charge in [0, 0.05) is 15.9 Å². The van der Waals surface area contributed by atoms with Crippen molar-refractivity contribution in [2.24, 2.45) is 0 Å². The molecule has 0 spiro atoms. The third-order valence-corrected chi connectivity index (χ3v) is 3.62. The van der Waals surface area contributed by atoms with Crippen molar-refractivity contribution in [1.29, 1.82) is 0 Å². The van der Waals surface area contributed by atoms with Crippen LogP contribution in [0.1, 0.15) is 21.7 Å². The summed E-state index contributed by atoms with van der Waals surface area (Å²) >= 11 is 3.37. The smallest absolute Gasteiger partial charge is 0.231 e. The van der Waals surface area contributed by atoms with Crippen LogP contribution in [0.15, 0.2) is 45.3 Å². The lowest BCUT2D eigenvalue weighted by Crippen LogP contribution is -2.03. The van der Waals surface area contributed by atoms with Crippen LogP contribution in [0.3, 0.4) is 0 Å². The van der Waals surface area contributed by atoms with Crippen LogP contribution in [0.25, 0.3) is 11.0 Å². The molecule has 0 atom stereocenters. The molecule has 21 heavy (non-hydrogen) atoms. The Morgan fingerprint density at radius 2 is 1.90 bits per heavy atom. The second-order valence-corrected chi connectivity index (χ2v) is 5.62. The van der Waals surface area contributed by atoms with Gasteiger partial charge in [0.25, 0.3) is 0 Å². The fourth-order valence-electron chi connectivity index (χ4n) is 2.20. The normalized spacial score (nSPS) is 11.0. The minimum absolute atomic E-state index is 0.0247. The van der Waals surface area contributed by atoms with Crippen molar-refractivity contribution in [2.75, 3.05) is 0 Å². The Morgan fingerprint density at radius 3 is 2.62 bits per heavy atom. The molecular formula is C16H9BrF2O2. The molecule has 1 aromatic heterocycles. The molecule has 5 heteroatoms. The number of rotatable bonds is 2. The first-order valence-electron chi connectivity index (χ1n) is 6.15. The number of hydrogen-bond donors (Lipinski definition) is 0. The minimum atomic E-state index is -0.904. The van der Waals surface area contributed by atoms with Gasteiger partial charge in [0.15, 0.2) is 5.76 Å². The van der Waals surface area contributed by atoms with Gasteiger partial charge >= 0.3 is 0 Å². The fraction of sp³-hybridized carbons (Fsp3) is 0.0625. The van der Waals surface area contributed by atoms with Gasteiger partial charge in [0.1, 0.15) is 17.2 Å². The maximum absolute atomic E-state index is 13.7. The summed E-state index contributed by atoms with van der Waals surface area (Å²) in [6.45, 7) is 1.85. The Morgan fingerprint density at radius 1 is 1.14 bits per heavy atom. The third-order valence-electron chi connectivity index (χ3n) is 3.17. The van der Waals surface area contributed by atoms with Crippen LogP contribution >= 0.6 is 15.9 Å². The van der Waals surface area contributed by atoms with Crippen LogP contribution in [0, 0.1) is 18.6 Å². The summed E-state index contributed by atoms with van der Waals surface area (Å²) in [5.74, 6) is -2.22. The van der Waals surface area contributed by atoms with E-state index in [9.17, 15) is 13.6 Å². The molecule has 0 fully saturated rings. The van der Waals surface area contributed by atoms with Gasteiger partial charge in [-0.2, -0.15) is 0 Å². The maximum atomic E-state index is 13.7. The van der Waals surface area contributed by atoms with Crippen molar-refractivity contribution < 1.29 is 18.0 Å². The molecular weight excluding hydrogens is 342 g/mol. The van der Waals surface area contributed by atoms with Gasteiger partial charge in [0.05, 0.1) is 5.56 Å². The first-order chi connectivity index (χ1) is 9.95. The number of halogens is 3. The van der Waals surface area contributed by atoms with E-state index in [0.29, 0.717) is 11.6 Å². The number of carbonyl (C=O) groups is 1. The molecule has 0 radical (unpaired) electrons. The predicted molar refractivity (Wildman–Crippen MR) is 78.4 cm³/mol. The van der Waals surface area contributed by atoms with Crippen LogP contribution in [0.2, 0.25) is 0 Å². The van der Waals surface area contributed by atoms with E-state index in [2.05, 4.69) is 15.9 Å². The van der Waals surface area contributed by atoms with Gasteiger partial charge in [-0.25, -0.2) is 8.78 Å². The number of benzene rings is 2. The van der Waals surface area contributed by atoms with Gasteiger partial charge in [-0.3, -0.25) is 4.79 Å². The van der Waals surface area contributed by atoms with Gasteiger partial charge in [-0.15, -0.1) is 0 Å². The summed E-state index contributed by atoms with van der Waals surface area (Å²) in [7, 11) is 0.